The first-order valence-corrected chi connectivity index (χ1v) is 10.7. The summed E-state index contributed by atoms with van der Waals surface area (Å²) >= 11 is 0. The fourth-order valence-electron chi connectivity index (χ4n) is 3.81. The maximum absolute atomic E-state index is 13.9. The fraction of sp³-hybridized carbons (Fsp3) is 0.435. The summed E-state index contributed by atoms with van der Waals surface area (Å²) in [7, 11) is 1.25. The average molecular weight is 458 g/mol. The van der Waals surface area contributed by atoms with E-state index >= 15 is 0 Å². The van der Waals surface area contributed by atoms with Gasteiger partial charge in [0.25, 0.3) is 5.91 Å². The third-order valence-electron chi connectivity index (χ3n) is 5.48. The minimum Gasteiger partial charge on any atom is -0.465 e. The molecular formula is C23H28FN5O4. The van der Waals surface area contributed by atoms with Crippen LogP contribution in [0.1, 0.15) is 59.1 Å². The normalized spacial score (nSPS) is 16.0. The van der Waals surface area contributed by atoms with Crippen LogP contribution in [0, 0.1) is 12.7 Å². The molecule has 33 heavy (non-hydrogen) atoms. The Morgan fingerprint density at radius 2 is 1.88 bits per heavy atom. The molecule has 0 bridgehead atoms. The molecule has 1 saturated heterocycles. The number of amides is 3. The molecule has 3 rings (SSSR count). The maximum atomic E-state index is 13.9. The van der Waals surface area contributed by atoms with Crippen molar-refractivity contribution in [2.24, 2.45) is 0 Å². The number of piperazine rings is 1. The molecule has 1 aliphatic heterocycles. The molecule has 3 amide bonds. The molecule has 0 saturated carbocycles. The van der Waals surface area contributed by atoms with E-state index in [1.807, 2.05) is 13.8 Å². The number of benzene rings is 1. The molecule has 9 nitrogen and oxygen atoms in total. The number of aryl methyl sites for hydroxylation is 1. The molecule has 1 aromatic heterocycles. The number of anilines is 1. The van der Waals surface area contributed by atoms with E-state index in [0.29, 0.717) is 11.5 Å². The molecule has 10 heteroatoms. The Balaban J connectivity index is 1.80. The minimum atomic E-state index is -0.669. The smallest absolute Gasteiger partial charge is 0.342 e. The summed E-state index contributed by atoms with van der Waals surface area (Å²) in [6.45, 7) is 7.90. The molecule has 2 aromatic rings. The minimum absolute atomic E-state index is 0.00509. The molecule has 1 aromatic carbocycles. The summed E-state index contributed by atoms with van der Waals surface area (Å²) < 4.78 is 18.8. The van der Waals surface area contributed by atoms with Crippen molar-refractivity contribution in [1.82, 2.24) is 19.8 Å². The van der Waals surface area contributed by atoms with Crippen molar-refractivity contribution in [3.05, 3.63) is 52.9 Å². The molecule has 0 spiro atoms. The van der Waals surface area contributed by atoms with Crippen LogP contribution in [0.5, 0.6) is 0 Å². The Hall–Kier alpha value is -3.56. The summed E-state index contributed by atoms with van der Waals surface area (Å²) in [6, 6.07) is 5.13. The van der Waals surface area contributed by atoms with Crippen LogP contribution in [0.3, 0.4) is 0 Å². The van der Waals surface area contributed by atoms with Crippen molar-refractivity contribution in [3.63, 3.8) is 0 Å². The molecule has 176 valence electrons. The predicted octanol–water partition coefficient (Wildman–Crippen LogP) is 3.21. The molecule has 1 atom stereocenters. The Morgan fingerprint density at radius 1 is 1.18 bits per heavy atom. The lowest BCUT2D eigenvalue weighted by Crippen LogP contribution is -2.56. The average Bonchev–Trinajstić information content (AvgIpc) is 2.78. The van der Waals surface area contributed by atoms with Crippen LogP contribution in [-0.2, 0) is 4.74 Å². The van der Waals surface area contributed by atoms with E-state index < -0.39 is 23.7 Å². The molecule has 1 unspecified atom stereocenters. The monoisotopic (exact) mass is 457 g/mol. The van der Waals surface area contributed by atoms with Crippen molar-refractivity contribution in [3.8, 4) is 0 Å². The standard InChI is InChI=1S/C23H28FN5O4/c1-13(2)19-18(22(31)33-5)20(26-15(4)25-19)21(30)28-10-11-29(14(3)12-28)23(32)27-17-9-7-6-8-16(17)24/h6-9,13-14H,10-12H2,1-5H3,(H,27,32). The second kappa shape index (κ2) is 9.93. The van der Waals surface area contributed by atoms with E-state index in [-0.39, 0.29) is 48.5 Å². The third kappa shape index (κ3) is 5.10. The number of nitrogens with one attached hydrogen (secondary N) is 1. The van der Waals surface area contributed by atoms with Gasteiger partial charge in [-0.1, -0.05) is 26.0 Å². The lowest BCUT2D eigenvalue weighted by atomic mass is 10.0. The Bertz CT molecular complexity index is 1070. The lowest BCUT2D eigenvalue weighted by Gasteiger charge is -2.39. The summed E-state index contributed by atoms with van der Waals surface area (Å²) in [6.07, 6.45) is 0. The van der Waals surface area contributed by atoms with Crippen molar-refractivity contribution in [2.45, 2.75) is 39.7 Å². The van der Waals surface area contributed by atoms with Gasteiger partial charge in [0.1, 0.15) is 22.9 Å². The van der Waals surface area contributed by atoms with Crippen molar-refractivity contribution >= 4 is 23.6 Å². The van der Waals surface area contributed by atoms with Gasteiger partial charge in [-0.3, -0.25) is 4.79 Å². The highest BCUT2D eigenvalue weighted by Crippen LogP contribution is 2.24. The number of halogens is 1. The molecule has 2 heterocycles. The number of nitrogens with zero attached hydrogens (tertiary/aromatic N) is 4. The first-order valence-electron chi connectivity index (χ1n) is 10.7. The number of aromatic nitrogens is 2. The van der Waals surface area contributed by atoms with E-state index in [1.165, 1.54) is 19.2 Å². The zero-order chi connectivity index (χ0) is 24.3. The molecule has 1 N–H and O–H groups in total. The van der Waals surface area contributed by atoms with Gasteiger partial charge in [0.2, 0.25) is 0 Å². The predicted molar refractivity (Wildman–Crippen MR) is 120 cm³/mol. The topological polar surface area (TPSA) is 105 Å². The number of methoxy groups -OCH3 is 1. The molecule has 1 aliphatic rings. The highest BCUT2D eigenvalue weighted by Gasteiger charge is 2.34. The number of carbonyl (C=O) groups excluding carboxylic acids is 3. The highest BCUT2D eigenvalue weighted by molar-refractivity contribution is 6.04. The first kappa shape index (κ1) is 24.1. The fourth-order valence-corrected chi connectivity index (χ4v) is 3.81. The number of para-hydroxylation sites is 1. The largest absolute Gasteiger partial charge is 0.465 e. The number of rotatable bonds is 4. The van der Waals surface area contributed by atoms with Crippen LogP contribution in [0.2, 0.25) is 0 Å². The van der Waals surface area contributed by atoms with Crippen molar-refractivity contribution in [2.75, 3.05) is 32.1 Å². The second-order valence-electron chi connectivity index (χ2n) is 8.23. The van der Waals surface area contributed by atoms with Crippen LogP contribution >= 0.6 is 0 Å². The van der Waals surface area contributed by atoms with Gasteiger partial charge < -0.3 is 19.9 Å². The van der Waals surface area contributed by atoms with Gasteiger partial charge in [0.15, 0.2) is 0 Å². The van der Waals surface area contributed by atoms with Crippen LogP contribution in [0.15, 0.2) is 24.3 Å². The van der Waals surface area contributed by atoms with Gasteiger partial charge in [-0.05, 0) is 31.9 Å². The Morgan fingerprint density at radius 3 is 2.48 bits per heavy atom. The zero-order valence-corrected chi connectivity index (χ0v) is 19.4. The second-order valence-corrected chi connectivity index (χ2v) is 8.23. The van der Waals surface area contributed by atoms with Crippen molar-refractivity contribution < 1.29 is 23.5 Å². The van der Waals surface area contributed by atoms with E-state index in [9.17, 15) is 18.8 Å². The molecular weight excluding hydrogens is 429 g/mol. The summed E-state index contributed by atoms with van der Waals surface area (Å²) in [5, 5.41) is 2.57. The van der Waals surface area contributed by atoms with E-state index in [0.717, 1.165) is 0 Å². The van der Waals surface area contributed by atoms with Crippen LogP contribution in [0.4, 0.5) is 14.9 Å². The SMILES string of the molecule is COC(=O)c1c(C(=O)N2CCN(C(=O)Nc3ccccc3F)C(C)C2)nc(C)nc1C(C)C. The Labute approximate surface area is 191 Å². The van der Waals surface area contributed by atoms with Crippen LogP contribution in [0.25, 0.3) is 0 Å². The lowest BCUT2D eigenvalue weighted by molar-refractivity contribution is 0.0550. The molecule has 0 aliphatic carbocycles. The van der Waals surface area contributed by atoms with Gasteiger partial charge in [0, 0.05) is 25.7 Å². The summed E-state index contributed by atoms with van der Waals surface area (Å²) in [5.41, 5.74) is 0.604. The quantitative estimate of drug-likeness (QED) is 0.707. The van der Waals surface area contributed by atoms with Crippen molar-refractivity contribution in [1.29, 1.82) is 0 Å². The van der Waals surface area contributed by atoms with E-state index in [1.54, 1.807) is 35.8 Å². The molecule has 1 fully saturated rings. The van der Waals surface area contributed by atoms with Crippen LogP contribution < -0.4 is 5.32 Å². The number of esters is 1. The maximum Gasteiger partial charge on any atom is 0.342 e. The van der Waals surface area contributed by atoms with Crippen LogP contribution in [-0.4, -0.2) is 70.5 Å². The van der Waals surface area contributed by atoms with Gasteiger partial charge >= 0.3 is 12.0 Å². The number of ether oxygens (including phenoxy) is 1. The zero-order valence-electron chi connectivity index (χ0n) is 19.4. The first-order chi connectivity index (χ1) is 15.6. The van der Waals surface area contributed by atoms with E-state index in [2.05, 4.69) is 15.3 Å². The number of hydrogen-bond donors (Lipinski definition) is 1. The highest BCUT2D eigenvalue weighted by atomic mass is 19.1. The third-order valence-corrected chi connectivity index (χ3v) is 5.48. The van der Waals surface area contributed by atoms with E-state index in [4.69, 9.17) is 4.74 Å². The summed E-state index contributed by atoms with van der Waals surface area (Å²) in [4.78, 5) is 50.3. The van der Waals surface area contributed by atoms with Gasteiger partial charge in [-0.15, -0.1) is 0 Å². The Kier molecular flexibility index (Phi) is 7.25. The van der Waals surface area contributed by atoms with Gasteiger partial charge in [0.05, 0.1) is 18.5 Å². The van der Waals surface area contributed by atoms with Gasteiger partial charge in [-0.25, -0.2) is 23.9 Å². The summed E-state index contributed by atoms with van der Waals surface area (Å²) in [5.74, 6) is -1.36. The number of urea groups is 1. The number of carbonyl (C=O) groups is 3. The van der Waals surface area contributed by atoms with Gasteiger partial charge in [-0.2, -0.15) is 0 Å². The number of hydrogen-bond acceptors (Lipinski definition) is 6. The molecule has 0 radical (unpaired) electrons.